The highest BCUT2D eigenvalue weighted by Crippen LogP contribution is 2.21. The second-order valence-electron chi connectivity index (χ2n) is 6.38. The first-order valence-electron chi connectivity index (χ1n) is 8.95. The molecule has 2 aromatic carbocycles. The van der Waals surface area contributed by atoms with E-state index in [0.717, 1.165) is 33.7 Å². The summed E-state index contributed by atoms with van der Waals surface area (Å²) in [5, 5.41) is 5.45. The minimum atomic E-state index is -0.323. The molecule has 0 spiro atoms. The van der Waals surface area contributed by atoms with E-state index in [1.54, 1.807) is 6.08 Å². The van der Waals surface area contributed by atoms with Gasteiger partial charge in [-0.25, -0.2) is 0 Å². The minimum Gasteiger partial charge on any atom is -0.494 e. The first kappa shape index (κ1) is 20.2. The number of benzene rings is 2. The number of aryl methyl sites for hydroxylation is 3. The normalized spacial score (nSPS) is 10.7. The molecule has 0 fully saturated rings. The van der Waals surface area contributed by atoms with Crippen molar-refractivity contribution in [2.75, 3.05) is 18.5 Å². The Morgan fingerprint density at radius 3 is 2.26 bits per heavy atom. The van der Waals surface area contributed by atoms with Gasteiger partial charge in [0.15, 0.2) is 0 Å². The SMILES string of the molecule is CCOc1ccc(/C=C/C(=O)NCC(=O)Nc2c(C)cc(C)cc2C)cc1. The molecule has 0 heterocycles. The van der Waals surface area contributed by atoms with Gasteiger partial charge in [-0.15, -0.1) is 0 Å². The van der Waals surface area contributed by atoms with Gasteiger partial charge >= 0.3 is 0 Å². The fourth-order valence-corrected chi connectivity index (χ4v) is 2.80. The smallest absolute Gasteiger partial charge is 0.244 e. The lowest BCUT2D eigenvalue weighted by atomic mass is 10.1. The highest BCUT2D eigenvalue weighted by atomic mass is 16.5. The third kappa shape index (κ3) is 6.29. The van der Waals surface area contributed by atoms with Crippen molar-refractivity contribution in [2.45, 2.75) is 27.7 Å². The first-order chi connectivity index (χ1) is 12.9. The van der Waals surface area contributed by atoms with Gasteiger partial charge in [0.25, 0.3) is 0 Å². The van der Waals surface area contributed by atoms with Crippen LogP contribution in [0.2, 0.25) is 0 Å². The lowest BCUT2D eigenvalue weighted by molar-refractivity contribution is -0.121. The zero-order valence-electron chi connectivity index (χ0n) is 16.3. The highest BCUT2D eigenvalue weighted by Gasteiger charge is 2.09. The van der Waals surface area contributed by atoms with Crippen molar-refractivity contribution in [3.63, 3.8) is 0 Å². The Morgan fingerprint density at radius 2 is 1.67 bits per heavy atom. The second-order valence-corrected chi connectivity index (χ2v) is 6.38. The van der Waals surface area contributed by atoms with Gasteiger partial charge in [0, 0.05) is 11.8 Å². The average molecular weight is 366 g/mol. The van der Waals surface area contributed by atoms with E-state index in [9.17, 15) is 9.59 Å². The number of hydrogen-bond acceptors (Lipinski definition) is 3. The molecule has 142 valence electrons. The Hall–Kier alpha value is -3.08. The number of anilines is 1. The van der Waals surface area contributed by atoms with Gasteiger partial charge in [0.05, 0.1) is 13.2 Å². The number of amides is 2. The molecule has 0 radical (unpaired) electrons. The summed E-state index contributed by atoms with van der Waals surface area (Å²) in [6.07, 6.45) is 3.10. The van der Waals surface area contributed by atoms with Gasteiger partial charge in [0.1, 0.15) is 5.75 Å². The standard InChI is InChI=1S/C22H26N2O3/c1-5-27-19-9-6-18(7-10-19)8-11-20(25)23-14-21(26)24-22-16(3)12-15(2)13-17(22)4/h6-13H,5,14H2,1-4H3,(H,23,25)(H,24,26)/b11-8+. The largest absolute Gasteiger partial charge is 0.494 e. The summed E-state index contributed by atoms with van der Waals surface area (Å²) in [6, 6.07) is 11.5. The molecule has 0 aliphatic heterocycles. The molecule has 0 saturated heterocycles. The molecule has 0 unspecified atom stereocenters. The quantitative estimate of drug-likeness (QED) is 0.733. The Kier molecular flexibility index (Phi) is 7.17. The van der Waals surface area contributed by atoms with Crippen molar-refractivity contribution in [2.24, 2.45) is 0 Å². The van der Waals surface area contributed by atoms with Crippen LogP contribution in [0.4, 0.5) is 5.69 Å². The molecule has 0 aliphatic rings. The predicted molar refractivity (Wildman–Crippen MR) is 109 cm³/mol. The number of hydrogen-bond donors (Lipinski definition) is 2. The monoisotopic (exact) mass is 366 g/mol. The summed E-state index contributed by atoms with van der Waals surface area (Å²) >= 11 is 0. The molecule has 0 atom stereocenters. The van der Waals surface area contributed by atoms with Crippen LogP contribution in [0.5, 0.6) is 5.75 Å². The molecule has 0 saturated carbocycles. The number of carbonyl (C=O) groups is 2. The molecular weight excluding hydrogens is 340 g/mol. The van der Waals surface area contributed by atoms with Crippen LogP contribution in [-0.2, 0) is 9.59 Å². The first-order valence-corrected chi connectivity index (χ1v) is 8.95. The molecule has 0 aromatic heterocycles. The average Bonchev–Trinajstić information content (AvgIpc) is 2.62. The Morgan fingerprint density at radius 1 is 1.04 bits per heavy atom. The maximum atomic E-state index is 12.1. The van der Waals surface area contributed by atoms with Crippen LogP contribution < -0.4 is 15.4 Å². The van der Waals surface area contributed by atoms with Gasteiger partial charge < -0.3 is 15.4 Å². The Labute approximate surface area is 160 Å². The fourth-order valence-electron chi connectivity index (χ4n) is 2.80. The minimum absolute atomic E-state index is 0.0841. The summed E-state index contributed by atoms with van der Waals surface area (Å²) in [4.78, 5) is 24.0. The third-order valence-electron chi connectivity index (χ3n) is 3.98. The van der Waals surface area contributed by atoms with Crippen molar-refractivity contribution in [3.8, 4) is 5.75 Å². The maximum Gasteiger partial charge on any atom is 0.244 e. The number of rotatable bonds is 7. The lowest BCUT2D eigenvalue weighted by Crippen LogP contribution is -2.32. The van der Waals surface area contributed by atoms with E-state index < -0.39 is 0 Å². The Bertz CT molecular complexity index is 816. The third-order valence-corrected chi connectivity index (χ3v) is 3.98. The molecule has 27 heavy (non-hydrogen) atoms. The van der Waals surface area contributed by atoms with Crippen LogP contribution in [0.15, 0.2) is 42.5 Å². The summed E-state index contributed by atoms with van der Waals surface area (Å²) in [5.74, 6) is 0.210. The predicted octanol–water partition coefficient (Wildman–Crippen LogP) is 3.78. The van der Waals surface area contributed by atoms with Crippen molar-refractivity contribution in [1.82, 2.24) is 5.32 Å². The Balaban J connectivity index is 1.85. The summed E-state index contributed by atoms with van der Waals surface area (Å²) in [7, 11) is 0. The molecule has 2 N–H and O–H groups in total. The van der Waals surface area contributed by atoms with Crippen molar-refractivity contribution >= 4 is 23.6 Å². The van der Waals surface area contributed by atoms with Crippen LogP contribution in [-0.4, -0.2) is 25.0 Å². The summed E-state index contributed by atoms with van der Waals surface area (Å²) in [5.41, 5.74) is 4.83. The zero-order valence-corrected chi connectivity index (χ0v) is 16.3. The molecule has 2 amide bonds. The number of ether oxygens (including phenoxy) is 1. The molecule has 0 aliphatic carbocycles. The number of carbonyl (C=O) groups excluding carboxylic acids is 2. The van der Waals surface area contributed by atoms with E-state index in [0.29, 0.717) is 6.61 Å². The van der Waals surface area contributed by atoms with Gasteiger partial charge in [-0.1, -0.05) is 29.8 Å². The molecule has 0 bridgehead atoms. The fraction of sp³-hybridized carbons (Fsp3) is 0.273. The molecule has 2 aromatic rings. The number of nitrogens with one attached hydrogen (secondary N) is 2. The van der Waals surface area contributed by atoms with E-state index in [1.807, 2.05) is 64.1 Å². The van der Waals surface area contributed by atoms with Crippen LogP contribution in [0, 0.1) is 20.8 Å². The van der Waals surface area contributed by atoms with Gasteiger partial charge in [-0.05, 0) is 62.6 Å². The van der Waals surface area contributed by atoms with Crippen LogP contribution in [0.3, 0.4) is 0 Å². The van der Waals surface area contributed by atoms with Crippen molar-refractivity contribution in [3.05, 3.63) is 64.7 Å². The van der Waals surface area contributed by atoms with E-state index in [-0.39, 0.29) is 18.4 Å². The zero-order chi connectivity index (χ0) is 19.8. The van der Waals surface area contributed by atoms with E-state index in [2.05, 4.69) is 10.6 Å². The van der Waals surface area contributed by atoms with Gasteiger partial charge in [0.2, 0.25) is 11.8 Å². The van der Waals surface area contributed by atoms with E-state index >= 15 is 0 Å². The lowest BCUT2D eigenvalue weighted by Gasteiger charge is -2.13. The van der Waals surface area contributed by atoms with Crippen LogP contribution in [0.25, 0.3) is 6.08 Å². The van der Waals surface area contributed by atoms with Crippen LogP contribution in [0.1, 0.15) is 29.2 Å². The topological polar surface area (TPSA) is 67.4 Å². The molecule has 2 rings (SSSR count). The van der Waals surface area contributed by atoms with Gasteiger partial charge in [-0.3, -0.25) is 9.59 Å². The maximum absolute atomic E-state index is 12.1. The summed E-state index contributed by atoms with van der Waals surface area (Å²) in [6.45, 7) is 8.38. The molecular formula is C22H26N2O3. The second kappa shape index (κ2) is 9.57. The van der Waals surface area contributed by atoms with E-state index in [1.165, 1.54) is 6.08 Å². The van der Waals surface area contributed by atoms with Crippen molar-refractivity contribution in [1.29, 1.82) is 0 Å². The van der Waals surface area contributed by atoms with Crippen LogP contribution >= 0.6 is 0 Å². The summed E-state index contributed by atoms with van der Waals surface area (Å²) < 4.78 is 5.38. The van der Waals surface area contributed by atoms with Gasteiger partial charge in [-0.2, -0.15) is 0 Å². The molecule has 5 heteroatoms. The molecule has 5 nitrogen and oxygen atoms in total. The van der Waals surface area contributed by atoms with Crippen molar-refractivity contribution < 1.29 is 14.3 Å². The highest BCUT2D eigenvalue weighted by molar-refractivity contribution is 5.98. The van der Waals surface area contributed by atoms with E-state index in [4.69, 9.17) is 4.74 Å².